The Balaban J connectivity index is 0. The number of nitro benzene ring substituents is 2. The SMILES string of the molecule is C[C@@H](C(N)=O)N(C)C.C[C@@H](CN)N(C)C.C[C@@H](CN1C(=O)c2cc(N)c([N+](=O)[O-])cc2C1=O)N(C)C.C[C@H](N)C(N)=O.Cl.Nc1cc2c(cc1[N+](=O)[O-])C(=O)NC2=O. The lowest BCUT2D eigenvalue weighted by Gasteiger charge is -2.24. The number of imide groups is 2. The molecule has 13 N–H and O–H groups in total. The lowest BCUT2D eigenvalue weighted by atomic mass is 10.1. The van der Waals surface area contributed by atoms with E-state index in [1.807, 2.05) is 59.4 Å². The predicted octanol–water partition coefficient (Wildman–Crippen LogP) is -0.659. The van der Waals surface area contributed by atoms with Gasteiger partial charge < -0.3 is 44.2 Å². The van der Waals surface area contributed by atoms with Gasteiger partial charge in [0.05, 0.1) is 44.2 Å². The average molecular weight is 842 g/mol. The molecule has 6 amide bonds. The van der Waals surface area contributed by atoms with Crippen molar-refractivity contribution in [2.75, 3.05) is 66.8 Å². The zero-order valence-electron chi connectivity index (χ0n) is 34.2. The Labute approximate surface area is 342 Å². The van der Waals surface area contributed by atoms with Gasteiger partial charge in [-0.15, -0.1) is 12.4 Å². The molecule has 0 radical (unpaired) electrons. The Morgan fingerprint density at radius 3 is 1.31 bits per heavy atom. The van der Waals surface area contributed by atoms with Crippen LogP contribution in [0.25, 0.3) is 0 Å². The summed E-state index contributed by atoms with van der Waals surface area (Å²) in [6.07, 6.45) is 0. The quantitative estimate of drug-likeness (QED) is 0.0675. The molecule has 0 saturated carbocycles. The summed E-state index contributed by atoms with van der Waals surface area (Å²) < 4.78 is 0. The van der Waals surface area contributed by atoms with Crippen LogP contribution in [-0.2, 0) is 9.59 Å². The van der Waals surface area contributed by atoms with E-state index >= 15 is 0 Å². The minimum atomic E-state index is -0.703. The van der Waals surface area contributed by atoms with Gasteiger partial charge in [0.1, 0.15) is 11.4 Å². The lowest BCUT2D eigenvalue weighted by molar-refractivity contribution is -0.384. The molecule has 0 aromatic heterocycles. The monoisotopic (exact) mass is 841 g/mol. The second-order valence-electron chi connectivity index (χ2n) is 13.5. The standard InChI is InChI=1S/C13H16N4O4.C8H5N3O4.C5H12N2O.C5H14N2.C3H8N2O.ClH/c1-7(15(2)3)6-16-12(18)8-4-10(14)11(17(20)21)5-9(8)13(16)19;9-5-1-3-4(2-6(5)11(14)15)8(13)10-7(3)12;1-4(5(6)8)7(2)3;1-5(4-6)7(2)3;1-2(4)3(5)6;/h4-5,7H,6,14H2,1-3H3;1-2H,9H2,(H,10,12,13);4H,1-3H3,(H2,6,8);5H,4,6H2,1-3H3;2H,4H2,1H3,(H2,5,6);1H/t7-;;4-;5-;2-;/m0.000./s1. The first-order chi connectivity index (χ1) is 26.1. The van der Waals surface area contributed by atoms with Crippen LogP contribution >= 0.6 is 12.4 Å². The summed E-state index contributed by atoms with van der Waals surface area (Å²) in [4.78, 5) is 93.8. The fourth-order valence-corrected chi connectivity index (χ4v) is 3.94. The first-order valence-corrected chi connectivity index (χ1v) is 17.0. The number of nitrogens with zero attached hydrogens (tertiary/aromatic N) is 6. The highest BCUT2D eigenvalue weighted by Gasteiger charge is 2.38. The third kappa shape index (κ3) is 15.6. The number of hydrogen-bond acceptors (Lipinski definition) is 17. The number of carbonyl (C=O) groups is 6. The largest absolute Gasteiger partial charge is 0.393 e. The first kappa shape index (κ1) is 54.3. The molecule has 2 aromatic rings. The summed E-state index contributed by atoms with van der Waals surface area (Å²) in [5, 5.41) is 23.4. The Morgan fingerprint density at radius 1 is 0.690 bits per heavy atom. The van der Waals surface area contributed by atoms with Gasteiger partial charge in [-0.3, -0.25) is 64.1 Å². The van der Waals surface area contributed by atoms with Gasteiger partial charge in [0.2, 0.25) is 11.8 Å². The van der Waals surface area contributed by atoms with Gasteiger partial charge >= 0.3 is 0 Å². The van der Waals surface area contributed by atoms with Crippen LogP contribution in [0.1, 0.15) is 69.1 Å². The molecule has 0 aliphatic carbocycles. The summed E-state index contributed by atoms with van der Waals surface area (Å²) in [7, 11) is 11.4. The summed E-state index contributed by atoms with van der Waals surface area (Å²) >= 11 is 0. The summed E-state index contributed by atoms with van der Waals surface area (Å²) in [5.41, 5.74) is 30.1. The Morgan fingerprint density at radius 2 is 1.03 bits per heavy atom. The van der Waals surface area contributed by atoms with E-state index in [0.717, 1.165) is 29.6 Å². The molecule has 2 aliphatic rings. The number of rotatable bonds is 10. The van der Waals surface area contributed by atoms with Crippen molar-refractivity contribution in [2.24, 2.45) is 22.9 Å². The maximum atomic E-state index is 12.3. The Bertz CT molecular complexity index is 1840. The molecule has 2 heterocycles. The van der Waals surface area contributed by atoms with E-state index in [4.69, 9.17) is 28.7 Å². The van der Waals surface area contributed by atoms with E-state index in [2.05, 4.69) is 17.6 Å². The molecule has 324 valence electrons. The number of fused-ring (bicyclic) bond motifs is 2. The summed E-state index contributed by atoms with van der Waals surface area (Å²) in [6.45, 7) is 8.24. The number of nitro groups is 2. The van der Waals surface area contributed by atoms with Crippen LogP contribution in [0.4, 0.5) is 22.7 Å². The highest BCUT2D eigenvalue weighted by Crippen LogP contribution is 2.32. The molecular formula is C34H56ClN13O10. The van der Waals surface area contributed by atoms with Gasteiger partial charge in [0.15, 0.2) is 0 Å². The summed E-state index contributed by atoms with van der Waals surface area (Å²) in [5.74, 6) is -2.96. The molecule has 0 fully saturated rings. The maximum Gasteiger partial charge on any atom is 0.292 e. The predicted molar refractivity (Wildman–Crippen MR) is 220 cm³/mol. The molecule has 2 aliphatic heterocycles. The number of nitrogens with one attached hydrogen (secondary N) is 1. The van der Waals surface area contributed by atoms with Crippen molar-refractivity contribution in [3.8, 4) is 0 Å². The van der Waals surface area contributed by atoms with Crippen LogP contribution < -0.4 is 39.7 Å². The van der Waals surface area contributed by atoms with Gasteiger partial charge in [-0.25, -0.2) is 0 Å². The second-order valence-corrected chi connectivity index (χ2v) is 13.5. The van der Waals surface area contributed by atoms with Crippen molar-refractivity contribution in [3.63, 3.8) is 0 Å². The number of likely N-dealkylation sites (N-methyl/N-ethyl adjacent to an activating group) is 3. The van der Waals surface area contributed by atoms with Crippen LogP contribution in [0.3, 0.4) is 0 Å². The number of anilines is 2. The van der Waals surface area contributed by atoms with E-state index in [1.54, 1.807) is 18.7 Å². The number of nitrogen functional groups attached to an aromatic ring is 2. The Hall–Kier alpha value is -5.85. The molecule has 2 aromatic carbocycles. The van der Waals surface area contributed by atoms with Gasteiger partial charge in [-0.05, 0) is 82.1 Å². The smallest absolute Gasteiger partial charge is 0.292 e. The highest BCUT2D eigenvalue weighted by molar-refractivity contribution is 6.23. The van der Waals surface area contributed by atoms with Crippen molar-refractivity contribution in [1.29, 1.82) is 0 Å². The van der Waals surface area contributed by atoms with Gasteiger partial charge in [-0.2, -0.15) is 0 Å². The number of carbonyl (C=O) groups excluding carboxylic acids is 6. The Kier molecular flexibility index (Phi) is 22.5. The molecule has 0 unspecified atom stereocenters. The lowest BCUT2D eigenvalue weighted by Crippen LogP contribution is -2.41. The molecule has 0 bridgehead atoms. The van der Waals surface area contributed by atoms with Crippen LogP contribution in [0, 0.1) is 20.2 Å². The molecular weight excluding hydrogens is 786 g/mol. The molecule has 4 rings (SSSR count). The average Bonchev–Trinajstić information content (AvgIpc) is 3.52. The van der Waals surface area contributed by atoms with E-state index in [-0.39, 0.29) is 81.9 Å². The minimum absolute atomic E-state index is 0. The van der Waals surface area contributed by atoms with Crippen LogP contribution in [0.5, 0.6) is 0 Å². The first-order valence-electron chi connectivity index (χ1n) is 17.0. The highest BCUT2D eigenvalue weighted by atomic mass is 35.5. The summed E-state index contributed by atoms with van der Waals surface area (Å²) in [6, 6.07) is 4.23. The number of halogens is 1. The molecule has 0 spiro atoms. The van der Waals surface area contributed by atoms with E-state index in [1.165, 1.54) is 6.07 Å². The van der Waals surface area contributed by atoms with Crippen molar-refractivity contribution < 1.29 is 38.6 Å². The number of hydrogen-bond donors (Lipinski definition) is 7. The van der Waals surface area contributed by atoms with Crippen molar-refractivity contribution in [2.45, 2.75) is 51.9 Å². The van der Waals surface area contributed by atoms with Crippen molar-refractivity contribution >= 4 is 70.6 Å². The van der Waals surface area contributed by atoms with Gasteiger partial charge in [0.25, 0.3) is 35.0 Å². The minimum Gasteiger partial charge on any atom is -0.393 e. The molecule has 58 heavy (non-hydrogen) atoms. The third-order valence-corrected chi connectivity index (χ3v) is 8.58. The van der Waals surface area contributed by atoms with Crippen LogP contribution in [0.2, 0.25) is 0 Å². The fourth-order valence-electron chi connectivity index (χ4n) is 3.94. The topological polar surface area (TPSA) is 370 Å². The fraction of sp³-hybridized carbons (Fsp3) is 0.471. The zero-order chi connectivity index (χ0) is 44.8. The molecule has 23 nitrogen and oxygen atoms in total. The number of nitrogens with two attached hydrogens (primary N) is 6. The van der Waals surface area contributed by atoms with E-state index in [0.29, 0.717) is 6.04 Å². The van der Waals surface area contributed by atoms with Crippen molar-refractivity contribution in [1.82, 2.24) is 24.9 Å². The normalized spacial score (nSPS) is 14.3. The number of primary amides is 2. The molecule has 4 atom stereocenters. The van der Waals surface area contributed by atoms with Gasteiger partial charge in [0, 0.05) is 37.3 Å². The number of amides is 6. The van der Waals surface area contributed by atoms with E-state index in [9.17, 15) is 49.0 Å². The zero-order valence-corrected chi connectivity index (χ0v) is 35.0. The second kappa shape index (κ2) is 24.0. The van der Waals surface area contributed by atoms with Crippen molar-refractivity contribution in [3.05, 3.63) is 66.7 Å². The third-order valence-electron chi connectivity index (χ3n) is 8.58. The van der Waals surface area contributed by atoms with Gasteiger partial charge in [-0.1, -0.05) is 0 Å². The number of benzene rings is 2. The molecule has 24 heteroatoms. The van der Waals surface area contributed by atoms with Crippen LogP contribution in [-0.4, -0.2) is 144 Å². The molecule has 0 saturated heterocycles. The van der Waals surface area contributed by atoms with Crippen LogP contribution in [0.15, 0.2) is 24.3 Å². The maximum absolute atomic E-state index is 12.3. The van der Waals surface area contributed by atoms with E-state index < -0.39 is 45.4 Å².